The third-order valence-corrected chi connectivity index (χ3v) is 5.28. The van der Waals surface area contributed by atoms with Crippen LogP contribution in [0.5, 0.6) is 17.2 Å². The van der Waals surface area contributed by atoms with Crippen molar-refractivity contribution >= 4 is 35.6 Å². The fraction of sp³-hybridized carbons (Fsp3) is 0.435. The largest absolute Gasteiger partial charge is 0.504 e. The molecule has 1 saturated heterocycles. The van der Waals surface area contributed by atoms with Crippen LogP contribution >= 0.6 is 24.0 Å². The summed E-state index contributed by atoms with van der Waals surface area (Å²) >= 11 is 0. The summed E-state index contributed by atoms with van der Waals surface area (Å²) < 4.78 is 10.5. The normalized spacial score (nSPS) is 14.1. The molecular weight excluding hydrogens is 507 g/mol. The number of para-hydroxylation sites is 1. The van der Waals surface area contributed by atoms with E-state index in [9.17, 15) is 5.11 Å². The Morgan fingerprint density at radius 3 is 2.48 bits per heavy atom. The molecule has 31 heavy (non-hydrogen) atoms. The molecule has 170 valence electrons. The minimum absolute atomic E-state index is 0. The zero-order valence-electron chi connectivity index (χ0n) is 18.5. The van der Waals surface area contributed by atoms with Crippen molar-refractivity contribution in [2.45, 2.75) is 13.3 Å². The van der Waals surface area contributed by atoms with Crippen molar-refractivity contribution in [1.29, 1.82) is 0 Å². The van der Waals surface area contributed by atoms with Crippen LogP contribution in [-0.2, 0) is 6.42 Å². The summed E-state index contributed by atoms with van der Waals surface area (Å²) in [5, 5.41) is 13.7. The number of guanidine groups is 1. The summed E-state index contributed by atoms with van der Waals surface area (Å²) in [6.07, 6.45) is 0.654. The number of ether oxygens (including phenoxy) is 2. The van der Waals surface area contributed by atoms with Gasteiger partial charge in [0.05, 0.1) is 14.2 Å². The second-order valence-electron chi connectivity index (χ2n) is 7.13. The number of aliphatic imine (C=N–C) groups is 1. The standard InChI is InChI=1S/C23H32N4O3.HI/c1-4-24-23(25-12-11-18-7-5-10-21(30-3)22(18)28)27-15-13-26(14-16-27)19-8-6-9-20(17-19)29-2;/h5-10,17,28H,4,11-16H2,1-3H3,(H,24,25);1H. The maximum atomic E-state index is 10.3. The van der Waals surface area contributed by atoms with Gasteiger partial charge in [-0.2, -0.15) is 0 Å². The first-order valence-corrected chi connectivity index (χ1v) is 10.4. The van der Waals surface area contributed by atoms with E-state index in [1.807, 2.05) is 24.3 Å². The van der Waals surface area contributed by atoms with Crippen LogP contribution in [0.4, 0.5) is 5.69 Å². The van der Waals surface area contributed by atoms with Crippen LogP contribution in [0, 0.1) is 0 Å². The molecule has 1 fully saturated rings. The third-order valence-electron chi connectivity index (χ3n) is 5.28. The molecule has 0 aromatic heterocycles. The molecule has 1 aliphatic heterocycles. The predicted molar refractivity (Wildman–Crippen MR) is 137 cm³/mol. The van der Waals surface area contributed by atoms with E-state index < -0.39 is 0 Å². The number of hydrogen-bond acceptors (Lipinski definition) is 5. The van der Waals surface area contributed by atoms with Gasteiger partial charge >= 0.3 is 0 Å². The van der Waals surface area contributed by atoms with E-state index in [1.54, 1.807) is 20.3 Å². The molecule has 0 atom stereocenters. The number of nitrogens with zero attached hydrogens (tertiary/aromatic N) is 3. The van der Waals surface area contributed by atoms with Gasteiger partial charge in [-0.15, -0.1) is 24.0 Å². The van der Waals surface area contributed by atoms with Crippen molar-refractivity contribution in [2.75, 3.05) is 58.4 Å². The number of piperazine rings is 1. The Balaban J connectivity index is 0.00000341. The maximum Gasteiger partial charge on any atom is 0.194 e. The van der Waals surface area contributed by atoms with E-state index in [-0.39, 0.29) is 29.7 Å². The summed E-state index contributed by atoms with van der Waals surface area (Å²) in [5.74, 6) is 2.50. The Morgan fingerprint density at radius 1 is 1.06 bits per heavy atom. The predicted octanol–water partition coefficient (Wildman–Crippen LogP) is 3.36. The Morgan fingerprint density at radius 2 is 1.81 bits per heavy atom. The Bertz CT molecular complexity index is 854. The van der Waals surface area contributed by atoms with Gasteiger partial charge in [0, 0.05) is 51.0 Å². The topological polar surface area (TPSA) is 69.6 Å². The quantitative estimate of drug-likeness (QED) is 0.319. The van der Waals surface area contributed by atoms with Gasteiger partial charge in [0.1, 0.15) is 5.75 Å². The van der Waals surface area contributed by atoms with E-state index >= 15 is 0 Å². The molecule has 3 rings (SSSR count). The molecule has 8 heteroatoms. The lowest BCUT2D eigenvalue weighted by molar-refractivity contribution is 0.369. The Labute approximate surface area is 202 Å². The molecule has 0 spiro atoms. The lowest BCUT2D eigenvalue weighted by atomic mass is 10.1. The zero-order chi connectivity index (χ0) is 21.3. The first kappa shape index (κ1) is 24.9. The fourth-order valence-corrected chi connectivity index (χ4v) is 3.63. The highest BCUT2D eigenvalue weighted by Gasteiger charge is 2.20. The molecule has 1 heterocycles. The van der Waals surface area contributed by atoms with Crippen molar-refractivity contribution in [2.24, 2.45) is 4.99 Å². The third kappa shape index (κ3) is 6.56. The lowest BCUT2D eigenvalue weighted by Crippen LogP contribution is -2.52. The molecular formula is C23H33IN4O3. The van der Waals surface area contributed by atoms with E-state index in [0.29, 0.717) is 18.7 Å². The number of phenols is 1. The highest BCUT2D eigenvalue weighted by Crippen LogP contribution is 2.29. The van der Waals surface area contributed by atoms with Crippen molar-refractivity contribution in [3.63, 3.8) is 0 Å². The van der Waals surface area contributed by atoms with Crippen molar-refractivity contribution < 1.29 is 14.6 Å². The molecule has 1 aliphatic rings. The van der Waals surface area contributed by atoms with Crippen LogP contribution in [0.25, 0.3) is 0 Å². The molecule has 0 bridgehead atoms. The van der Waals surface area contributed by atoms with Gasteiger partial charge in [0.2, 0.25) is 0 Å². The molecule has 0 aliphatic carbocycles. The second kappa shape index (κ2) is 12.5. The van der Waals surface area contributed by atoms with E-state index in [1.165, 1.54) is 5.69 Å². The summed E-state index contributed by atoms with van der Waals surface area (Å²) in [6, 6.07) is 13.8. The minimum Gasteiger partial charge on any atom is -0.504 e. The van der Waals surface area contributed by atoms with Gasteiger partial charge in [-0.1, -0.05) is 18.2 Å². The van der Waals surface area contributed by atoms with Crippen molar-refractivity contribution in [3.05, 3.63) is 48.0 Å². The van der Waals surface area contributed by atoms with Crippen LogP contribution in [0.15, 0.2) is 47.5 Å². The number of hydrogen-bond donors (Lipinski definition) is 2. The van der Waals surface area contributed by atoms with Gasteiger partial charge in [0.25, 0.3) is 0 Å². The van der Waals surface area contributed by atoms with Crippen LogP contribution < -0.4 is 19.7 Å². The van der Waals surface area contributed by atoms with Gasteiger partial charge in [-0.25, -0.2) is 0 Å². The first-order valence-electron chi connectivity index (χ1n) is 10.4. The number of phenolic OH excluding ortho intramolecular Hbond substituents is 1. The Hall–Kier alpha value is -2.36. The number of benzene rings is 2. The fourth-order valence-electron chi connectivity index (χ4n) is 3.63. The number of rotatable bonds is 7. The molecule has 0 amide bonds. The average Bonchev–Trinajstić information content (AvgIpc) is 2.79. The van der Waals surface area contributed by atoms with Gasteiger partial charge < -0.3 is 29.7 Å². The number of aromatic hydroxyl groups is 1. The van der Waals surface area contributed by atoms with Gasteiger partial charge in [0.15, 0.2) is 17.5 Å². The molecule has 2 N–H and O–H groups in total. The zero-order valence-corrected chi connectivity index (χ0v) is 20.8. The van der Waals surface area contributed by atoms with Gasteiger partial charge in [-0.3, -0.25) is 4.99 Å². The maximum absolute atomic E-state index is 10.3. The molecule has 2 aromatic rings. The van der Waals surface area contributed by atoms with Crippen LogP contribution in [-0.4, -0.2) is 69.5 Å². The Kier molecular flexibility index (Phi) is 10.0. The summed E-state index contributed by atoms with van der Waals surface area (Å²) in [6.45, 7) is 7.14. The number of anilines is 1. The minimum atomic E-state index is 0. The smallest absolute Gasteiger partial charge is 0.194 e. The summed E-state index contributed by atoms with van der Waals surface area (Å²) in [7, 11) is 3.26. The highest BCUT2D eigenvalue weighted by atomic mass is 127. The molecule has 0 radical (unpaired) electrons. The molecule has 0 saturated carbocycles. The van der Waals surface area contributed by atoms with Crippen LogP contribution in [0.2, 0.25) is 0 Å². The number of methoxy groups -OCH3 is 2. The average molecular weight is 540 g/mol. The van der Waals surface area contributed by atoms with Gasteiger partial charge in [-0.05, 0) is 37.1 Å². The monoisotopic (exact) mass is 540 g/mol. The first-order chi connectivity index (χ1) is 14.7. The molecule has 2 aromatic carbocycles. The number of halogens is 1. The van der Waals surface area contributed by atoms with E-state index in [4.69, 9.17) is 14.5 Å². The SMILES string of the molecule is CCNC(=NCCc1cccc(OC)c1O)N1CCN(c2cccc(OC)c2)CC1.I. The summed E-state index contributed by atoms with van der Waals surface area (Å²) in [5.41, 5.74) is 2.03. The van der Waals surface area contributed by atoms with Crippen molar-refractivity contribution in [3.8, 4) is 17.2 Å². The van der Waals surface area contributed by atoms with E-state index in [0.717, 1.165) is 50.0 Å². The lowest BCUT2D eigenvalue weighted by Gasteiger charge is -2.37. The van der Waals surface area contributed by atoms with Crippen LogP contribution in [0.3, 0.4) is 0 Å². The van der Waals surface area contributed by atoms with Crippen LogP contribution in [0.1, 0.15) is 12.5 Å². The highest BCUT2D eigenvalue weighted by molar-refractivity contribution is 14.0. The molecule has 0 unspecified atom stereocenters. The second-order valence-corrected chi connectivity index (χ2v) is 7.13. The summed E-state index contributed by atoms with van der Waals surface area (Å²) in [4.78, 5) is 9.46. The van der Waals surface area contributed by atoms with Crippen molar-refractivity contribution in [1.82, 2.24) is 10.2 Å². The van der Waals surface area contributed by atoms with E-state index in [2.05, 4.69) is 34.2 Å². The number of nitrogens with one attached hydrogen (secondary N) is 1. The molecule has 7 nitrogen and oxygen atoms in total.